The third-order valence-electron chi connectivity index (χ3n) is 4.58. The quantitative estimate of drug-likeness (QED) is 0.608. The summed E-state index contributed by atoms with van der Waals surface area (Å²) < 4.78 is 20.2. The Morgan fingerprint density at radius 2 is 1.89 bits per heavy atom. The van der Waals surface area contributed by atoms with Crippen LogP contribution in [0.1, 0.15) is 38.5 Å². The molecule has 0 amide bonds. The van der Waals surface area contributed by atoms with E-state index in [0.717, 1.165) is 10.9 Å². The zero-order chi connectivity index (χ0) is 13.5. The second-order valence-electron chi connectivity index (χ2n) is 5.71. The molecule has 0 aromatic heterocycles. The van der Waals surface area contributed by atoms with E-state index in [9.17, 15) is 4.39 Å². The number of hydrogen-bond acceptors (Lipinski definition) is 1. The molecule has 1 spiro atoms. The zero-order valence-electron chi connectivity index (χ0n) is 10.7. The summed E-state index contributed by atoms with van der Waals surface area (Å²) in [4.78, 5) is 0.558. The van der Waals surface area contributed by atoms with Crippen molar-refractivity contribution in [3.63, 3.8) is 0 Å². The maximum Gasteiger partial charge on any atom is 0.128 e. The third kappa shape index (κ3) is 2.58. The highest BCUT2D eigenvalue weighted by molar-refractivity contribution is 9.10. The van der Waals surface area contributed by atoms with Crippen LogP contribution in [0, 0.1) is 11.2 Å². The molecule has 4 heteroatoms. The predicted octanol–water partition coefficient (Wildman–Crippen LogP) is 5.45. The zero-order valence-corrected chi connectivity index (χ0v) is 13.8. The standard InChI is InChI=1S/C15H17Br2FO/c16-10-6-11(18)8-12(7-10)19-14-9-13(17)15(14)4-2-1-3-5-15/h6-8,13-14H,1-5,9H2. The van der Waals surface area contributed by atoms with E-state index in [0.29, 0.717) is 10.6 Å². The van der Waals surface area contributed by atoms with Crippen molar-refractivity contribution in [1.29, 1.82) is 0 Å². The maximum absolute atomic E-state index is 13.4. The van der Waals surface area contributed by atoms with Crippen molar-refractivity contribution in [2.75, 3.05) is 0 Å². The topological polar surface area (TPSA) is 9.23 Å². The van der Waals surface area contributed by atoms with E-state index in [4.69, 9.17) is 4.74 Å². The van der Waals surface area contributed by atoms with Gasteiger partial charge in [0.25, 0.3) is 0 Å². The van der Waals surface area contributed by atoms with Crippen LogP contribution in [-0.4, -0.2) is 10.9 Å². The van der Waals surface area contributed by atoms with Crippen LogP contribution >= 0.6 is 31.9 Å². The molecule has 1 aromatic rings. The van der Waals surface area contributed by atoms with Crippen molar-refractivity contribution in [2.24, 2.45) is 5.41 Å². The summed E-state index contributed by atoms with van der Waals surface area (Å²) in [6, 6.07) is 4.78. The fourth-order valence-corrected chi connectivity index (χ4v) is 5.01. The van der Waals surface area contributed by atoms with Gasteiger partial charge < -0.3 is 4.74 Å². The molecule has 0 bridgehead atoms. The van der Waals surface area contributed by atoms with Gasteiger partial charge in [0.05, 0.1) is 0 Å². The Kier molecular flexibility index (Phi) is 3.91. The van der Waals surface area contributed by atoms with E-state index in [-0.39, 0.29) is 17.3 Å². The van der Waals surface area contributed by atoms with Gasteiger partial charge in [-0.2, -0.15) is 0 Å². The van der Waals surface area contributed by atoms with Gasteiger partial charge in [0.2, 0.25) is 0 Å². The molecule has 19 heavy (non-hydrogen) atoms. The SMILES string of the molecule is Fc1cc(Br)cc(OC2CC(Br)C23CCCCC3)c1. The highest BCUT2D eigenvalue weighted by atomic mass is 79.9. The Balaban J connectivity index is 1.76. The van der Waals surface area contributed by atoms with Crippen LogP contribution in [0.4, 0.5) is 4.39 Å². The molecule has 104 valence electrons. The van der Waals surface area contributed by atoms with Crippen LogP contribution in [0.2, 0.25) is 0 Å². The molecule has 1 aromatic carbocycles. The van der Waals surface area contributed by atoms with E-state index in [1.807, 2.05) is 6.07 Å². The van der Waals surface area contributed by atoms with E-state index < -0.39 is 0 Å². The molecule has 0 N–H and O–H groups in total. The van der Waals surface area contributed by atoms with Crippen molar-refractivity contribution in [3.05, 3.63) is 28.5 Å². The second-order valence-corrected chi connectivity index (χ2v) is 7.73. The van der Waals surface area contributed by atoms with Crippen LogP contribution in [0.15, 0.2) is 22.7 Å². The van der Waals surface area contributed by atoms with E-state index >= 15 is 0 Å². The largest absolute Gasteiger partial charge is 0.490 e. The molecule has 2 atom stereocenters. The van der Waals surface area contributed by atoms with Gasteiger partial charge in [-0.05, 0) is 31.4 Å². The predicted molar refractivity (Wildman–Crippen MR) is 81.4 cm³/mol. The average Bonchev–Trinajstić information content (AvgIpc) is 2.38. The summed E-state index contributed by atoms with van der Waals surface area (Å²) in [7, 11) is 0. The Morgan fingerprint density at radius 1 is 1.16 bits per heavy atom. The minimum atomic E-state index is -0.253. The first kappa shape index (κ1) is 13.9. The van der Waals surface area contributed by atoms with Crippen LogP contribution in [0.25, 0.3) is 0 Å². The van der Waals surface area contributed by atoms with Crippen molar-refractivity contribution in [3.8, 4) is 5.75 Å². The van der Waals surface area contributed by atoms with Crippen LogP contribution in [-0.2, 0) is 0 Å². The number of alkyl halides is 1. The summed E-state index contributed by atoms with van der Waals surface area (Å²) in [6.45, 7) is 0. The van der Waals surface area contributed by atoms with Crippen molar-refractivity contribution < 1.29 is 9.13 Å². The van der Waals surface area contributed by atoms with Gasteiger partial charge in [0.1, 0.15) is 17.7 Å². The molecule has 2 unspecified atom stereocenters. The summed E-state index contributed by atoms with van der Waals surface area (Å²) in [5.41, 5.74) is 0.275. The van der Waals surface area contributed by atoms with E-state index in [1.165, 1.54) is 44.2 Å². The molecule has 2 aliphatic carbocycles. The van der Waals surface area contributed by atoms with Gasteiger partial charge >= 0.3 is 0 Å². The highest BCUT2D eigenvalue weighted by Gasteiger charge is 2.55. The monoisotopic (exact) mass is 390 g/mol. The number of ether oxygens (including phenoxy) is 1. The maximum atomic E-state index is 13.4. The minimum absolute atomic E-state index is 0.228. The Labute approximate surface area is 130 Å². The average molecular weight is 392 g/mol. The third-order valence-corrected chi connectivity index (χ3v) is 6.33. The lowest BCUT2D eigenvalue weighted by Gasteiger charge is -2.55. The first-order chi connectivity index (χ1) is 9.10. The fraction of sp³-hybridized carbons (Fsp3) is 0.600. The summed E-state index contributed by atoms with van der Waals surface area (Å²) in [6.07, 6.45) is 7.61. The van der Waals surface area contributed by atoms with Gasteiger partial charge in [0.15, 0.2) is 0 Å². The molecule has 1 nitrogen and oxygen atoms in total. The first-order valence-electron chi connectivity index (χ1n) is 6.87. The molecule has 2 aliphatic rings. The Hall–Kier alpha value is -0.0900. The first-order valence-corrected chi connectivity index (χ1v) is 8.58. The molecule has 2 saturated carbocycles. The number of rotatable bonds is 2. The van der Waals surface area contributed by atoms with Gasteiger partial charge in [-0.3, -0.25) is 0 Å². The molecule has 2 fully saturated rings. The van der Waals surface area contributed by atoms with Crippen LogP contribution in [0.3, 0.4) is 0 Å². The van der Waals surface area contributed by atoms with Crippen LogP contribution in [0.5, 0.6) is 5.75 Å². The number of hydrogen-bond donors (Lipinski definition) is 0. The molecular weight excluding hydrogens is 375 g/mol. The Bertz CT molecular complexity index is 451. The summed E-state index contributed by atoms with van der Waals surface area (Å²) in [5, 5.41) is 0. The molecule has 3 rings (SSSR count). The molecule has 0 heterocycles. The van der Waals surface area contributed by atoms with Gasteiger partial charge in [-0.15, -0.1) is 0 Å². The summed E-state index contributed by atoms with van der Waals surface area (Å²) >= 11 is 7.11. The molecule has 0 saturated heterocycles. The highest BCUT2D eigenvalue weighted by Crippen LogP contribution is 2.56. The smallest absolute Gasteiger partial charge is 0.128 e. The van der Waals surface area contributed by atoms with Gasteiger partial charge in [-0.25, -0.2) is 4.39 Å². The lowest BCUT2D eigenvalue weighted by atomic mass is 9.58. The normalized spacial score (nSPS) is 29.0. The lowest BCUT2D eigenvalue weighted by molar-refractivity contribution is -0.0602. The number of halogens is 3. The lowest BCUT2D eigenvalue weighted by Crippen LogP contribution is -2.57. The van der Waals surface area contributed by atoms with Gasteiger partial charge in [0, 0.05) is 20.8 Å². The van der Waals surface area contributed by atoms with Crippen LogP contribution < -0.4 is 4.74 Å². The van der Waals surface area contributed by atoms with Gasteiger partial charge in [-0.1, -0.05) is 51.1 Å². The number of benzene rings is 1. The fourth-order valence-electron chi connectivity index (χ4n) is 3.47. The van der Waals surface area contributed by atoms with E-state index in [1.54, 1.807) is 0 Å². The second kappa shape index (κ2) is 5.36. The van der Waals surface area contributed by atoms with Crippen molar-refractivity contribution in [2.45, 2.75) is 49.5 Å². The molecule has 0 aliphatic heterocycles. The van der Waals surface area contributed by atoms with Crippen molar-refractivity contribution >= 4 is 31.9 Å². The summed E-state index contributed by atoms with van der Waals surface area (Å²) in [5.74, 6) is 0.387. The Morgan fingerprint density at radius 3 is 2.53 bits per heavy atom. The molecule has 0 radical (unpaired) electrons. The molecular formula is C15H17Br2FO. The minimum Gasteiger partial charge on any atom is -0.490 e. The van der Waals surface area contributed by atoms with Crippen molar-refractivity contribution in [1.82, 2.24) is 0 Å². The van der Waals surface area contributed by atoms with E-state index in [2.05, 4.69) is 31.9 Å².